The average Bonchev–Trinajstić information content (AvgIpc) is 3.36. The number of nitrogens with zero attached hydrogens (tertiary/aromatic N) is 2. The van der Waals surface area contributed by atoms with E-state index in [4.69, 9.17) is 14.4 Å². The monoisotopic (exact) mass is 400 g/mol. The van der Waals surface area contributed by atoms with E-state index in [1.807, 2.05) is 30.5 Å². The molecular formula is C21H24N2O4S. The van der Waals surface area contributed by atoms with Crippen molar-refractivity contribution < 1.29 is 19.2 Å². The number of thiophene rings is 1. The SMILES string of the molecule is Cc1c(OCc2cccs2)ccc2c(CCC3CCN(C(=O)O)CC3)noc12. The highest BCUT2D eigenvalue weighted by atomic mass is 32.1. The molecule has 0 bridgehead atoms. The van der Waals surface area contributed by atoms with Gasteiger partial charge in [-0.05, 0) is 62.1 Å². The molecule has 0 atom stereocenters. The molecule has 1 aliphatic rings. The van der Waals surface area contributed by atoms with Crippen molar-refractivity contribution in [1.82, 2.24) is 10.1 Å². The Morgan fingerprint density at radius 2 is 2.18 bits per heavy atom. The summed E-state index contributed by atoms with van der Waals surface area (Å²) in [6.07, 6.45) is 2.88. The van der Waals surface area contributed by atoms with Gasteiger partial charge in [-0.3, -0.25) is 0 Å². The van der Waals surface area contributed by atoms with Gasteiger partial charge in [-0.1, -0.05) is 11.2 Å². The Bertz CT molecular complexity index is 943. The third kappa shape index (κ3) is 3.99. The van der Waals surface area contributed by atoms with Crippen molar-refractivity contribution in [2.24, 2.45) is 5.92 Å². The molecule has 7 heteroatoms. The minimum absolute atomic E-state index is 0.539. The van der Waals surface area contributed by atoms with Gasteiger partial charge in [0.2, 0.25) is 0 Å². The maximum Gasteiger partial charge on any atom is 0.407 e. The van der Waals surface area contributed by atoms with Crippen molar-refractivity contribution in [3.63, 3.8) is 0 Å². The molecule has 1 amide bonds. The van der Waals surface area contributed by atoms with Gasteiger partial charge < -0.3 is 19.3 Å². The van der Waals surface area contributed by atoms with Crippen LogP contribution in [0.1, 0.15) is 35.4 Å². The van der Waals surface area contributed by atoms with Gasteiger partial charge in [0.25, 0.3) is 0 Å². The highest BCUT2D eigenvalue weighted by Crippen LogP contribution is 2.31. The predicted octanol–water partition coefficient (Wildman–Crippen LogP) is 5.10. The second kappa shape index (κ2) is 8.22. The van der Waals surface area contributed by atoms with Gasteiger partial charge in [-0.15, -0.1) is 11.3 Å². The quantitative estimate of drug-likeness (QED) is 0.623. The zero-order chi connectivity index (χ0) is 19.5. The zero-order valence-corrected chi connectivity index (χ0v) is 16.7. The number of carboxylic acid groups (broad SMARTS) is 1. The number of likely N-dealkylation sites (tertiary alicyclic amines) is 1. The number of hydrogen-bond donors (Lipinski definition) is 1. The summed E-state index contributed by atoms with van der Waals surface area (Å²) in [5, 5.41) is 16.4. The van der Waals surface area contributed by atoms with E-state index in [-0.39, 0.29) is 0 Å². The topological polar surface area (TPSA) is 75.8 Å². The fraction of sp³-hybridized carbons (Fsp3) is 0.429. The predicted molar refractivity (Wildman–Crippen MR) is 108 cm³/mol. The largest absolute Gasteiger partial charge is 0.488 e. The number of fused-ring (bicyclic) bond motifs is 1. The van der Waals surface area contributed by atoms with Gasteiger partial charge in [-0.2, -0.15) is 0 Å². The van der Waals surface area contributed by atoms with Gasteiger partial charge in [0.05, 0.1) is 5.69 Å². The number of ether oxygens (including phenoxy) is 1. The van der Waals surface area contributed by atoms with E-state index in [1.54, 1.807) is 11.3 Å². The third-order valence-corrected chi connectivity index (χ3v) is 6.39. The number of rotatable bonds is 6. The number of amides is 1. The Balaban J connectivity index is 1.39. The van der Waals surface area contributed by atoms with E-state index in [0.717, 1.165) is 53.7 Å². The maximum atomic E-state index is 11.0. The molecular weight excluding hydrogens is 376 g/mol. The molecule has 4 rings (SSSR count). The third-order valence-electron chi connectivity index (χ3n) is 5.54. The van der Waals surface area contributed by atoms with E-state index in [1.165, 1.54) is 9.78 Å². The molecule has 1 aromatic carbocycles. The number of aryl methyl sites for hydroxylation is 2. The minimum atomic E-state index is -0.812. The number of aromatic nitrogens is 1. The van der Waals surface area contributed by atoms with Crippen LogP contribution in [0.4, 0.5) is 4.79 Å². The minimum Gasteiger partial charge on any atom is -0.488 e. The molecule has 0 saturated carbocycles. The van der Waals surface area contributed by atoms with Gasteiger partial charge in [0, 0.05) is 28.9 Å². The molecule has 2 aromatic heterocycles. The highest BCUT2D eigenvalue weighted by molar-refractivity contribution is 7.09. The lowest BCUT2D eigenvalue weighted by Crippen LogP contribution is -2.37. The van der Waals surface area contributed by atoms with E-state index < -0.39 is 6.09 Å². The smallest absolute Gasteiger partial charge is 0.407 e. The van der Waals surface area contributed by atoms with Crippen LogP contribution in [0.25, 0.3) is 11.0 Å². The number of benzene rings is 1. The first-order chi connectivity index (χ1) is 13.6. The van der Waals surface area contributed by atoms with Crippen LogP contribution < -0.4 is 4.74 Å². The summed E-state index contributed by atoms with van der Waals surface area (Å²) >= 11 is 1.68. The van der Waals surface area contributed by atoms with Crippen molar-refractivity contribution in [2.45, 2.75) is 39.2 Å². The van der Waals surface area contributed by atoms with Crippen molar-refractivity contribution >= 4 is 28.4 Å². The van der Waals surface area contributed by atoms with Gasteiger partial charge in [0.1, 0.15) is 12.4 Å². The Kier molecular flexibility index (Phi) is 5.52. The number of piperidine rings is 1. The summed E-state index contributed by atoms with van der Waals surface area (Å²) < 4.78 is 11.6. The molecule has 6 nitrogen and oxygen atoms in total. The molecule has 0 aliphatic carbocycles. The van der Waals surface area contributed by atoms with Gasteiger partial charge >= 0.3 is 6.09 Å². The second-order valence-electron chi connectivity index (χ2n) is 7.31. The average molecular weight is 401 g/mol. The summed E-state index contributed by atoms with van der Waals surface area (Å²) in [5.41, 5.74) is 2.74. The Morgan fingerprint density at radius 3 is 2.89 bits per heavy atom. The first-order valence-corrected chi connectivity index (χ1v) is 10.5. The summed E-state index contributed by atoms with van der Waals surface area (Å²) in [6.45, 7) is 3.82. The van der Waals surface area contributed by atoms with E-state index in [0.29, 0.717) is 25.6 Å². The first-order valence-electron chi connectivity index (χ1n) is 9.62. The first kappa shape index (κ1) is 18.8. The van der Waals surface area contributed by atoms with Gasteiger partial charge in [0.15, 0.2) is 5.58 Å². The van der Waals surface area contributed by atoms with Gasteiger partial charge in [-0.25, -0.2) is 4.79 Å². The highest BCUT2D eigenvalue weighted by Gasteiger charge is 2.23. The fourth-order valence-electron chi connectivity index (χ4n) is 3.80. The second-order valence-corrected chi connectivity index (χ2v) is 8.35. The summed E-state index contributed by atoms with van der Waals surface area (Å²) in [7, 11) is 0. The fourth-order valence-corrected chi connectivity index (χ4v) is 4.42. The standard InChI is InChI=1S/C21H24N2O4S/c1-14-19(26-13-16-3-2-12-28-16)7-5-17-18(22-27-20(14)17)6-4-15-8-10-23(11-9-15)21(24)25/h2-3,5,7,12,15H,4,6,8-11,13H2,1H3,(H,24,25). The number of carbonyl (C=O) groups is 1. The summed E-state index contributed by atoms with van der Waals surface area (Å²) in [4.78, 5) is 13.7. The maximum absolute atomic E-state index is 11.0. The van der Waals surface area contributed by atoms with Crippen molar-refractivity contribution in [2.75, 3.05) is 13.1 Å². The molecule has 0 unspecified atom stereocenters. The molecule has 0 spiro atoms. The lowest BCUT2D eigenvalue weighted by molar-refractivity contribution is 0.123. The van der Waals surface area contributed by atoms with Crippen molar-refractivity contribution in [1.29, 1.82) is 0 Å². The molecule has 148 valence electrons. The summed E-state index contributed by atoms with van der Waals surface area (Å²) in [6, 6.07) is 8.11. The van der Waals surface area contributed by atoms with Crippen LogP contribution in [0.5, 0.6) is 5.75 Å². The van der Waals surface area contributed by atoms with E-state index in [2.05, 4.69) is 11.2 Å². The molecule has 0 radical (unpaired) electrons. The number of hydrogen-bond acceptors (Lipinski definition) is 5. The summed E-state index contributed by atoms with van der Waals surface area (Å²) in [5.74, 6) is 1.36. The van der Waals surface area contributed by atoms with Crippen LogP contribution in [-0.4, -0.2) is 34.3 Å². The lowest BCUT2D eigenvalue weighted by Gasteiger charge is -2.29. The van der Waals surface area contributed by atoms with Crippen LogP contribution in [-0.2, 0) is 13.0 Å². The van der Waals surface area contributed by atoms with Crippen LogP contribution in [0.15, 0.2) is 34.2 Å². The Hall–Kier alpha value is -2.54. The van der Waals surface area contributed by atoms with Crippen molar-refractivity contribution in [3.05, 3.63) is 45.8 Å². The molecule has 1 N–H and O–H groups in total. The molecule has 1 aliphatic heterocycles. The normalized spacial score (nSPS) is 15.2. The lowest BCUT2D eigenvalue weighted by atomic mass is 9.91. The molecule has 1 fully saturated rings. The van der Waals surface area contributed by atoms with Crippen LogP contribution >= 0.6 is 11.3 Å². The van der Waals surface area contributed by atoms with Crippen LogP contribution in [0.3, 0.4) is 0 Å². The van der Waals surface area contributed by atoms with Crippen LogP contribution in [0.2, 0.25) is 0 Å². The van der Waals surface area contributed by atoms with Crippen molar-refractivity contribution in [3.8, 4) is 5.75 Å². The Morgan fingerprint density at radius 1 is 1.36 bits per heavy atom. The molecule has 1 saturated heterocycles. The zero-order valence-electron chi connectivity index (χ0n) is 15.9. The Labute approximate surface area is 167 Å². The molecule has 28 heavy (non-hydrogen) atoms. The van der Waals surface area contributed by atoms with Crippen LogP contribution in [0, 0.1) is 12.8 Å². The molecule has 3 heterocycles. The molecule has 3 aromatic rings. The van der Waals surface area contributed by atoms with E-state index >= 15 is 0 Å². The van der Waals surface area contributed by atoms with E-state index in [9.17, 15) is 4.79 Å².